The average Bonchev–Trinajstić information content (AvgIpc) is 2.75. The lowest BCUT2D eigenvalue weighted by Gasteiger charge is -2.51. The van der Waals surface area contributed by atoms with Crippen LogP contribution in [-0.2, 0) is 9.47 Å². The molecule has 3 aliphatic rings. The molecule has 0 amide bonds. The molecule has 28 heavy (non-hydrogen) atoms. The van der Waals surface area contributed by atoms with E-state index in [0.29, 0.717) is 24.0 Å². The van der Waals surface area contributed by atoms with Crippen molar-refractivity contribution in [2.24, 2.45) is 23.7 Å². The molecule has 5 nitrogen and oxygen atoms in total. The number of nitrogens with one attached hydrogen (secondary N) is 2. The van der Waals surface area contributed by atoms with E-state index in [1.165, 1.54) is 19.3 Å². The first-order valence-electron chi connectivity index (χ1n) is 11.4. The van der Waals surface area contributed by atoms with Crippen LogP contribution in [0.1, 0.15) is 46.0 Å². The Morgan fingerprint density at radius 2 is 1.86 bits per heavy atom. The molecule has 2 aliphatic heterocycles. The van der Waals surface area contributed by atoms with E-state index in [1.54, 1.807) is 0 Å². The van der Waals surface area contributed by atoms with Gasteiger partial charge in [-0.05, 0) is 70.0 Å². The van der Waals surface area contributed by atoms with E-state index in [4.69, 9.17) is 9.47 Å². The third-order valence-electron chi connectivity index (χ3n) is 7.46. The quantitative estimate of drug-likeness (QED) is 0.681. The summed E-state index contributed by atoms with van der Waals surface area (Å²) in [5.41, 5.74) is 0. The van der Waals surface area contributed by atoms with Crippen LogP contribution in [0, 0.1) is 35.5 Å². The standard InChI is InChI=1S/C23H41N3O2/c1-5-26(6-2)11-7-8-18-14-21-20(15-22(18)27-4)19(16-23(24-3)25-21)17-9-12-28-13-10-17/h17-25H,5-6,9-16H2,1-4H3. The van der Waals surface area contributed by atoms with Gasteiger partial charge in [-0.2, -0.15) is 0 Å². The first-order chi connectivity index (χ1) is 13.7. The molecule has 6 unspecified atom stereocenters. The van der Waals surface area contributed by atoms with Crippen LogP contribution < -0.4 is 10.6 Å². The molecule has 1 aliphatic carbocycles. The predicted molar refractivity (Wildman–Crippen MR) is 114 cm³/mol. The van der Waals surface area contributed by atoms with Gasteiger partial charge in [-0.15, -0.1) is 0 Å². The van der Waals surface area contributed by atoms with Crippen LogP contribution >= 0.6 is 0 Å². The third-order valence-corrected chi connectivity index (χ3v) is 7.46. The normalized spacial score (nSPS) is 36.6. The second-order valence-corrected chi connectivity index (χ2v) is 8.76. The molecule has 2 heterocycles. The highest BCUT2D eigenvalue weighted by molar-refractivity contribution is 5.12. The molecular formula is C23H41N3O2. The summed E-state index contributed by atoms with van der Waals surface area (Å²) in [6.45, 7) is 9.26. The summed E-state index contributed by atoms with van der Waals surface area (Å²) < 4.78 is 11.6. The largest absolute Gasteiger partial charge is 0.381 e. The molecule has 0 bridgehead atoms. The van der Waals surface area contributed by atoms with E-state index < -0.39 is 0 Å². The fourth-order valence-corrected chi connectivity index (χ4v) is 5.67. The molecule has 2 saturated heterocycles. The maximum atomic E-state index is 5.97. The van der Waals surface area contributed by atoms with Crippen molar-refractivity contribution in [3.8, 4) is 11.8 Å². The molecule has 0 spiro atoms. The molecule has 5 heteroatoms. The Kier molecular flexibility index (Phi) is 8.62. The van der Waals surface area contributed by atoms with E-state index >= 15 is 0 Å². The van der Waals surface area contributed by atoms with Crippen LogP contribution in [0.3, 0.4) is 0 Å². The minimum Gasteiger partial charge on any atom is -0.381 e. The summed E-state index contributed by atoms with van der Waals surface area (Å²) in [4.78, 5) is 2.37. The van der Waals surface area contributed by atoms with Gasteiger partial charge in [-0.25, -0.2) is 0 Å². The lowest BCUT2D eigenvalue weighted by atomic mass is 9.63. The number of rotatable bonds is 6. The molecule has 3 rings (SSSR count). The minimum atomic E-state index is 0.265. The predicted octanol–water partition coefficient (Wildman–Crippen LogP) is 2.32. The van der Waals surface area contributed by atoms with Gasteiger partial charge in [-0.1, -0.05) is 25.7 Å². The number of piperidine rings is 1. The molecule has 3 fully saturated rings. The van der Waals surface area contributed by atoms with Gasteiger partial charge >= 0.3 is 0 Å². The van der Waals surface area contributed by atoms with Gasteiger partial charge in [-0.3, -0.25) is 10.2 Å². The Morgan fingerprint density at radius 1 is 1.11 bits per heavy atom. The summed E-state index contributed by atoms with van der Waals surface area (Å²) in [5.74, 6) is 9.62. The zero-order valence-electron chi connectivity index (χ0n) is 18.4. The van der Waals surface area contributed by atoms with Crippen molar-refractivity contribution in [2.75, 3.05) is 47.0 Å². The van der Waals surface area contributed by atoms with Crippen LogP contribution in [-0.4, -0.2) is 70.2 Å². The fourth-order valence-electron chi connectivity index (χ4n) is 5.67. The smallest absolute Gasteiger partial charge is 0.0712 e. The Labute approximate surface area is 172 Å². The summed E-state index contributed by atoms with van der Waals surface area (Å²) in [5, 5.41) is 7.40. The zero-order chi connectivity index (χ0) is 19.9. The van der Waals surface area contributed by atoms with Gasteiger partial charge < -0.3 is 14.8 Å². The van der Waals surface area contributed by atoms with Gasteiger partial charge in [0.2, 0.25) is 0 Å². The van der Waals surface area contributed by atoms with Crippen LogP contribution in [0.4, 0.5) is 0 Å². The highest BCUT2D eigenvalue weighted by Crippen LogP contribution is 2.44. The molecular weight excluding hydrogens is 350 g/mol. The lowest BCUT2D eigenvalue weighted by Crippen LogP contribution is -2.61. The molecule has 0 aromatic rings. The van der Waals surface area contributed by atoms with E-state index in [1.807, 2.05) is 7.11 Å². The van der Waals surface area contributed by atoms with Gasteiger partial charge in [0.25, 0.3) is 0 Å². The van der Waals surface area contributed by atoms with Crippen LogP contribution in [0.25, 0.3) is 0 Å². The van der Waals surface area contributed by atoms with Crippen LogP contribution in [0.2, 0.25) is 0 Å². The van der Waals surface area contributed by atoms with Crippen molar-refractivity contribution >= 4 is 0 Å². The number of nitrogens with zero attached hydrogens (tertiary/aromatic N) is 1. The maximum absolute atomic E-state index is 5.97. The zero-order valence-corrected chi connectivity index (χ0v) is 18.4. The Hall–Kier alpha value is -0.640. The third kappa shape index (κ3) is 5.29. The molecule has 6 atom stereocenters. The van der Waals surface area contributed by atoms with Gasteiger partial charge in [0.15, 0.2) is 0 Å². The molecule has 1 saturated carbocycles. The first-order valence-corrected chi connectivity index (χ1v) is 11.4. The lowest BCUT2D eigenvalue weighted by molar-refractivity contribution is -0.0507. The number of fused-ring (bicyclic) bond motifs is 1. The van der Waals surface area contributed by atoms with Crippen molar-refractivity contribution in [1.82, 2.24) is 15.5 Å². The van der Waals surface area contributed by atoms with Gasteiger partial charge in [0.1, 0.15) is 0 Å². The number of ether oxygens (including phenoxy) is 2. The maximum Gasteiger partial charge on any atom is 0.0712 e. The summed E-state index contributed by atoms with van der Waals surface area (Å²) >= 11 is 0. The molecule has 160 valence electrons. The SMILES string of the molecule is CCN(CC)CC#CC1CC2NC(NC)CC(C3CCOCC3)C2CC1OC. The molecule has 2 N–H and O–H groups in total. The molecule has 0 aromatic heterocycles. The highest BCUT2D eigenvalue weighted by atomic mass is 16.5. The summed E-state index contributed by atoms with van der Waals surface area (Å²) in [6.07, 6.45) is 6.57. The monoisotopic (exact) mass is 391 g/mol. The van der Waals surface area contributed by atoms with Crippen molar-refractivity contribution < 1.29 is 9.47 Å². The Bertz CT molecular complexity index is 522. The van der Waals surface area contributed by atoms with E-state index in [-0.39, 0.29) is 6.10 Å². The summed E-state index contributed by atoms with van der Waals surface area (Å²) in [6, 6.07) is 0.540. The topological polar surface area (TPSA) is 45.8 Å². The second kappa shape index (κ2) is 10.9. The first kappa shape index (κ1) is 22.1. The van der Waals surface area contributed by atoms with Crippen molar-refractivity contribution in [3.05, 3.63) is 0 Å². The van der Waals surface area contributed by atoms with E-state index in [2.05, 4.69) is 48.3 Å². The van der Waals surface area contributed by atoms with E-state index in [0.717, 1.165) is 57.5 Å². The average molecular weight is 392 g/mol. The van der Waals surface area contributed by atoms with Crippen molar-refractivity contribution in [2.45, 2.75) is 64.3 Å². The van der Waals surface area contributed by atoms with Gasteiger partial charge in [0, 0.05) is 32.3 Å². The minimum absolute atomic E-state index is 0.265. The Morgan fingerprint density at radius 3 is 2.50 bits per heavy atom. The number of hydrogen-bond acceptors (Lipinski definition) is 5. The van der Waals surface area contributed by atoms with E-state index in [9.17, 15) is 0 Å². The van der Waals surface area contributed by atoms with Crippen LogP contribution in [0.15, 0.2) is 0 Å². The molecule has 0 radical (unpaired) electrons. The second-order valence-electron chi connectivity index (χ2n) is 8.76. The summed E-state index contributed by atoms with van der Waals surface area (Å²) in [7, 11) is 3.96. The number of hydrogen-bond donors (Lipinski definition) is 2. The van der Waals surface area contributed by atoms with Crippen molar-refractivity contribution in [1.29, 1.82) is 0 Å². The Balaban J connectivity index is 1.70. The van der Waals surface area contributed by atoms with Crippen LogP contribution in [0.5, 0.6) is 0 Å². The van der Waals surface area contributed by atoms with Gasteiger partial charge in [0.05, 0.1) is 18.8 Å². The highest BCUT2D eigenvalue weighted by Gasteiger charge is 2.46. The number of methoxy groups -OCH3 is 1. The molecule has 0 aromatic carbocycles. The van der Waals surface area contributed by atoms with Crippen molar-refractivity contribution in [3.63, 3.8) is 0 Å². The fraction of sp³-hybridized carbons (Fsp3) is 0.913.